The number of benzene rings is 1. The fourth-order valence-electron chi connectivity index (χ4n) is 2.27. The van der Waals surface area contributed by atoms with Gasteiger partial charge < -0.3 is 5.73 Å². The topological polar surface area (TPSA) is 26.0 Å². The lowest BCUT2D eigenvalue weighted by Gasteiger charge is -2.21. The summed E-state index contributed by atoms with van der Waals surface area (Å²) in [6.07, 6.45) is 1.01. The van der Waals surface area contributed by atoms with E-state index in [0.29, 0.717) is 5.92 Å². The number of aryl methyl sites for hydroxylation is 2. The maximum atomic E-state index is 6.32. The average molecular weight is 257 g/mol. The van der Waals surface area contributed by atoms with Gasteiger partial charge in [-0.1, -0.05) is 36.8 Å². The quantitative estimate of drug-likeness (QED) is 0.576. The van der Waals surface area contributed by atoms with Gasteiger partial charge in [0.2, 0.25) is 0 Å². The molecule has 0 spiro atoms. The summed E-state index contributed by atoms with van der Waals surface area (Å²) in [4.78, 5) is 0. The summed E-state index contributed by atoms with van der Waals surface area (Å²) >= 11 is 0. The van der Waals surface area contributed by atoms with E-state index >= 15 is 0 Å². The first kappa shape index (κ1) is 15.6. The summed E-state index contributed by atoms with van der Waals surface area (Å²) in [7, 11) is 0. The lowest BCUT2D eigenvalue weighted by Crippen LogP contribution is -2.05. The molecule has 0 aliphatic rings. The highest BCUT2D eigenvalue weighted by atomic mass is 14.6. The standard InChI is InChI=1S/C18H27N/c1-11(2)15(7)10-16(12(3)4)17-13(5)8-9-14(6)18(17)19/h8-9,15H,1,10,19H2,2-7H3. The number of hydrogen-bond acceptors (Lipinski definition) is 1. The second-order valence-electron chi connectivity index (χ2n) is 5.92. The number of nitrogen functional groups attached to an aromatic ring is 1. The lowest BCUT2D eigenvalue weighted by atomic mass is 9.85. The van der Waals surface area contributed by atoms with E-state index in [0.717, 1.165) is 17.7 Å². The van der Waals surface area contributed by atoms with Crippen LogP contribution in [0.4, 0.5) is 5.69 Å². The third-order valence-corrected chi connectivity index (χ3v) is 3.93. The molecule has 1 aromatic rings. The number of anilines is 1. The van der Waals surface area contributed by atoms with Gasteiger partial charge in [-0.15, -0.1) is 0 Å². The Labute approximate surface area is 118 Å². The molecule has 1 heteroatoms. The first-order valence-corrected chi connectivity index (χ1v) is 6.93. The zero-order chi connectivity index (χ0) is 14.7. The molecule has 0 aromatic heterocycles. The highest BCUT2D eigenvalue weighted by Gasteiger charge is 2.15. The Balaban J connectivity index is 3.34. The highest BCUT2D eigenvalue weighted by molar-refractivity contribution is 5.80. The molecule has 1 nitrogen and oxygen atoms in total. The molecule has 0 radical (unpaired) electrons. The van der Waals surface area contributed by atoms with Crippen LogP contribution in [0.25, 0.3) is 5.57 Å². The van der Waals surface area contributed by atoms with Crippen molar-refractivity contribution in [2.75, 3.05) is 5.73 Å². The Morgan fingerprint density at radius 3 is 2.16 bits per heavy atom. The SMILES string of the molecule is C=C(C)C(C)CC(=C(C)C)c1c(C)ccc(C)c1N. The largest absolute Gasteiger partial charge is 0.398 e. The molecule has 1 aromatic carbocycles. The molecule has 0 aliphatic heterocycles. The van der Waals surface area contributed by atoms with Crippen LogP contribution in [-0.4, -0.2) is 0 Å². The van der Waals surface area contributed by atoms with Gasteiger partial charge in [-0.3, -0.25) is 0 Å². The van der Waals surface area contributed by atoms with Gasteiger partial charge in [0, 0.05) is 11.3 Å². The smallest absolute Gasteiger partial charge is 0.0422 e. The van der Waals surface area contributed by atoms with Crippen LogP contribution in [0.1, 0.15) is 50.8 Å². The number of nitrogens with two attached hydrogens (primary N) is 1. The Morgan fingerprint density at radius 1 is 1.16 bits per heavy atom. The molecule has 1 rings (SSSR count). The van der Waals surface area contributed by atoms with Gasteiger partial charge in [-0.05, 0) is 63.7 Å². The van der Waals surface area contributed by atoms with Gasteiger partial charge in [0.05, 0.1) is 0 Å². The average Bonchev–Trinajstić information content (AvgIpc) is 2.32. The second kappa shape index (κ2) is 6.10. The van der Waals surface area contributed by atoms with E-state index in [1.165, 1.54) is 27.8 Å². The minimum atomic E-state index is 0.476. The number of rotatable bonds is 4. The zero-order valence-electron chi connectivity index (χ0n) is 13.2. The van der Waals surface area contributed by atoms with Gasteiger partial charge in [0.15, 0.2) is 0 Å². The van der Waals surface area contributed by atoms with Crippen LogP contribution in [0.2, 0.25) is 0 Å². The lowest BCUT2D eigenvalue weighted by molar-refractivity contribution is 0.705. The Bertz CT molecular complexity index is 517. The van der Waals surface area contributed by atoms with Crippen LogP contribution < -0.4 is 5.73 Å². The van der Waals surface area contributed by atoms with Crippen molar-refractivity contribution in [2.24, 2.45) is 5.92 Å². The van der Waals surface area contributed by atoms with E-state index in [9.17, 15) is 0 Å². The van der Waals surface area contributed by atoms with Crippen LogP contribution in [0.15, 0.2) is 29.9 Å². The van der Waals surface area contributed by atoms with E-state index in [2.05, 4.69) is 60.3 Å². The van der Waals surface area contributed by atoms with Gasteiger partial charge in [0.1, 0.15) is 0 Å². The van der Waals surface area contributed by atoms with E-state index < -0.39 is 0 Å². The fraction of sp³-hybridized carbons (Fsp3) is 0.444. The maximum Gasteiger partial charge on any atom is 0.0422 e. The third-order valence-electron chi connectivity index (χ3n) is 3.93. The van der Waals surface area contributed by atoms with Crippen LogP contribution in [0, 0.1) is 19.8 Å². The Hall–Kier alpha value is -1.50. The zero-order valence-corrected chi connectivity index (χ0v) is 13.2. The van der Waals surface area contributed by atoms with Crippen molar-refractivity contribution in [3.8, 4) is 0 Å². The molecule has 1 unspecified atom stereocenters. The number of allylic oxidation sites excluding steroid dienone is 3. The predicted molar refractivity (Wildman–Crippen MR) is 87.2 cm³/mol. The van der Waals surface area contributed by atoms with E-state index in [4.69, 9.17) is 5.73 Å². The van der Waals surface area contributed by atoms with Crippen molar-refractivity contribution in [3.05, 3.63) is 46.5 Å². The molecule has 19 heavy (non-hydrogen) atoms. The molecule has 0 heterocycles. The Morgan fingerprint density at radius 2 is 1.68 bits per heavy atom. The molecule has 104 valence electrons. The van der Waals surface area contributed by atoms with Crippen LogP contribution >= 0.6 is 0 Å². The normalized spacial score (nSPS) is 12.1. The molecule has 2 N–H and O–H groups in total. The molecule has 0 saturated carbocycles. The molecular weight excluding hydrogens is 230 g/mol. The molecule has 0 aliphatic carbocycles. The second-order valence-corrected chi connectivity index (χ2v) is 5.92. The highest BCUT2D eigenvalue weighted by Crippen LogP contribution is 2.35. The van der Waals surface area contributed by atoms with E-state index in [1.807, 2.05) is 0 Å². The summed E-state index contributed by atoms with van der Waals surface area (Å²) in [5, 5.41) is 0. The van der Waals surface area contributed by atoms with Gasteiger partial charge in [-0.25, -0.2) is 0 Å². The molecule has 0 fully saturated rings. The van der Waals surface area contributed by atoms with Crippen molar-refractivity contribution in [1.82, 2.24) is 0 Å². The molecule has 0 saturated heterocycles. The minimum Gasteiger partial charge on any atom is -0.398 e. The first-order valence-electron chi connectivity index (χ1n) is 6.93. The van der Waals surface area contributed by atoms with Crippen LogP contribution in [-0.2, 0) is 0 Å². The third kappa shape index (κ3) is 3.50. The van der Waals surface area contributed by atoms with Gasteiger partial charge >= 0.3 is 0 Å². The summed E-state index contributed by atoms with van der Waals surface area (Å²) in [5.74, 6) is 0.476. The van der Waals surface area contributed by atoms with E-state index in [-0.39, 0.29) is 0 Å². The molecule has 0 amide bonds. The first-order chi connectivity index (χ1) is 8.75. The van der Waals surface area contributed by atoms with Crippen molar-refractivity contribution >= 4 is 11.3 Å². The predicted octanol–water partition coefficient (Wildman–Crippen LogP) is 5.28. The monoisotopic (exact) mass is 257 g/mol. The van der Waals surface area contributed by atoms with Crippen molar-refractivity contribution in [2.45, 2.75) is 48.0 Å². The van der Waals surface area contributed by atoms with Crippen molar-refractivity contribution in [1.29, 1.82) is 0 Å². The summed E-state index contributed by atoms with van der Waals surface area (Å²) < 4.78 is 0. The van der Waals surface area contributed by atoms with Gasteiger partial charge in [-0.2, -0.15) is 0 Å². The summed E-state index contributed by atoms with van der Waals surface area (Å²) in [6, 6.07) is 4.26. The van der Waals surface area contributed by atoms with Crippen LogP contribution in [0.3, 0.4) is 0 Å². The maximum absolute atomic E-state index is 6.32. The van der Waals surface area contributed by atoms with E-state index in [1.54, 1.807) is 0 Å². The minimum absolute atomic E-state index is 0.476. The number of hydrogen-bond donors (Lipinski definition) is 1. The molecule has 1 atom stereocenters. The Kier molecular flexibility index (Phi) is 4.99. The fourth-order valence-corrected chi connectivity index (χ4v) is 2.27. The molecule has 0 bridgehead atoms. The summed E-state index contributed by atoms with van der Waals surface area (Å²) in [5.41, 5.74) is 14.8. The van der Waals surface area contributed by atoms with Crippen molar-refractivity contribution < 1.29 is 0 Å². The summed E-state index contributed by atoms with van der Waals surface area (Å²) in [6.45, 7) is 16.9. The molecular formula is C18H27N. The van der Waals surface area contributed by atoms with Gasteiger partial charge in [0.25, 0.3) is 0 Å². The van der Waals surface area contributed by atoms with Crippen molar-refractivity contribution in [3.63, 3.8) is 0 Å². The van der Waals surface area contributed by atoms with Crippen LogP contribution in [0.5, 0.6) is 0 Å².